The Balaban J connectivity index is 2.14. The van der Waals surface area contributed by atoms with Gasteiger partial charge in [0.15, 0.2) is 0 Å². The highest BCUT2D eigenvalue weighted by Gasteiger charge is 2.06. The number of amides is 1. The largest absolute Gasteiger partial charge is 0.399 e. The minimum absolute atomic E-state index is 0.250. The lowest BCUT2D eigenvalue weighted by Gasteiger charge is -2.04. The molecule has 5 heteroatoms. The molecule has 0 radical (unpaired) electrons. The van der Waals surface area contributed by atoms with Gasteiger partial charge in [-0.1, -0.05) is 11.6 Å². The quantitative estimate of drug-likeness (QED) is 0.857. The van der Waals surface area contributed by atoms with Crippen LogP contribution in [-0.2, 0) is 0 Å². The third-order valence-corrected chi connectivity index (χ3v) is 2.38. The number of nitrogen functional groups attached to an aromatic ring is 1. The van der Waals surface area contributed by atoms with E-state index in [1.807, 2.05) is 0 Å². The second-order valence-electron chi connectivity index (χ2n) is 3.44. The molecule has 0 bridgehead atoms. The lowest BCUT2D eigenvalue weighted by Crippen LogP contribution is -2.12. The van der Waals surface area contributed by atoms with Crippen molar-refractivity contribution in [1.82, 2.24) is 4.98 Å². The summed E-state index contributed by atoms with van der Waals surface area (Å²) < 4.78 is 0. The Morgan fingerprint density at radius 3 is 2.59 bits per heavy atom. The molecule has 0 spiro atoms. The highest BCUT2D eigenvalue weighted by atomic mass is 35.5. The standard InChI is InChI=1S/C12H10ClN3O/c13-9-3-1-8(2-4-9)12(17)16-11-7-10(14)5-6-15-11/h1-7H,(H3,14,15,16,17). The Hall–Kier alpha value is -2.07. The van der Waals surface area contributed by atoms with E-state index in [1.54, 1.807) is 36.4 Å². The van der Waals surface area contributed by atoms with Gasteiger partial charge in [-0.25, -0.2) is 4.98 Å². The van der Waals surface area contributed by atoms with Crippen LogP contribution in [0.3, 0.4) is 0 Å². The first-order valence-corrected chi connectivity index (χ1v) is 5.31. The summed E-state index contributed by atoms with van der Waals surface area (Å²) in [5, 5.41) is 3.23. The SMILES string of the molecule is Nc1ccnc(NC(=O)c2ccc(Cl)cc2)c1. The number of hydrogen-bond acceptors (Lipinski definition) is 3. The van der Waals surface area contributed by atoms with Crippen molar-refractivity contribution in [2.24, 2.45) is 0 Å². The average Bonchev–Trinajstić information content (AvgIpc) is 2.29. The van der Waals surface area contributed by atoms with Crippen LogP contribution in [0.5, 0.6) is 0 Å². The maximum Gasteiger partial charge on any atom is 0.256 e. The van der Waals surface area contributed by atoms with Gasteiger partial charge in [-0.05, 0) is 30.3 Å². The van der Waals surface area contributed by atoms with E-state index in [1.165, 1.54) is 6.20 Å². The number of hydrogen-bond donors (Lipinski definition) is 2. The normalized spacial score (nSPS) is 9.94. The van der Waals surface area contributed by atoms with Crippen LogP contribution in [-0.4, -0.2) is 10.9 Å². The number of aromatic nitrogens is 1. The van der Waals surface area contributed by atoms with Gasteiger partial charge in [0, 0.05) is 28.5 Å². The molecule has 0 unspecified atom stereocenters. The molecule has 0 aliphatic heterocycles. The molecule has 0 fully saturated rings. The van der Waals surface area contributed by atoms with Crippen molar-refractivity contribution in [3.63, 3.8) is 0 Å². The van der Waals surface area contributed by atoms with E-state index in [-0.39, 0.29) is 5.91 Å². The van der Waals surface area contributed by atoms with Crippen LogP contribution >= 0.6 is 11.6 Å². The summed E-state index contributed by atoms with van der Waals surface area (Å²) in [5.74, 6) is 0.171. The molecule has 0 aliphatic carbocycles. The lowest BCUT2D eigenvalue weighted by molar-refractivity contribution is 0.102. The fourth-order valence-corrected chi connectivity index (χ4v) is 1.43. The number of benzene rings is 1. The minimum atomic E-state index is -0.250. The molecule has 0 aliphatic rings. The van der Waals surface area contributed by atoms with Crippen molar-refractivity contribution >= 4 is 29.0 Å². The third kappa shape index (κ3) is 2.95. The van der Waals surface area contributed by atoms with Gasteiger partial charge in [0.05, 0.1) is 0 Å². The Labute approximate surface area is 103 Å². The molecule has 0 atom stereocenters. The van der Waals surface area contributed by atoms with E-state index in [4.69, 9.17) is 17.3 Å². The zero-order chi connectivity index (χ0) is 12.3. The van der Waals surface area contributed by atoms with Gasteiger partial charge in [0.25, 0.3) is 5.91 Å². The molecule has 1 aromatic heterocycles. The molecule has 2 rings (SSSR count). The Morgan fingerprint density at radius 1 is 1.24 bits per heavy atom. The Morgan fingerprint density at radius 2 is 1.94 bits per heavy atom. The van der Waals surface area contributed by atoms with Gasteiger partial charge in [0.1, 0.15) is 5.82 Å². The molecule has 0 saturated heterocycles. The minimum Gasteiger partial charge on any atom is -0.399 e. The summed E-state index contributed by atoms with van der Waals surface area (Å²) in [4.78, 5) is 15.8. The van der Waals surface area contributed by atoms with Gasteiger partial charge in [-0.2, -0.15) is 0 Å². The predicted molar refractivity (Wildman–Crippen MR) is 68.1 cm³/mol. The third-order valence-electron chi connectivity index (χ3n) is 2.13. The van der Waals surface area contributed by atoms with Crippen LogP contribution in [0.25, 0.3) is 0 Å². The monoisotopic (exact) mass is 247 g/mol. The number of anilines is 2. The molecule has 1 amide bonds. The molecule has 17 heavy (non-hydrogen) atoms. The van der Waals surface area contributed by atoms with E-state index < -0.39 is 0 Å². The number of nitrogens with zero attached hydrogens (tertiary/aromatic N) is 1. The molecule has 2 aromatic rings. The van der Waals surface area contributed by atoms with Crippen molar-refractivity contribution in [1.29, 1.82) is 0 Å². The van der Waals surface area contributed by atoms with Crippen molar-refractivity contribution in [3.8, 4) is 0 Å². The molecule has 4 nitrogen and oxygen atoms in total. The van der Waals surface area contributed by atoms with E-state index in [9.17, 15) is 4.79 Å². The smallest absolute Gasteiger partial charge is 0.256 e. The van der Waals surface area contributed by atoms with Crippen molar-refractivity contribution in [3.05, 3.63) is 53.2 Å². The summed E-state index contributed by atoms with van der Waals surface area (Å²) in [7, 11) is 0. The number of halogens is 1. The number of rotatable bonds is 2. The first-order chi connectivity index (χ1) is 8.15. The molecule has 1 heterocycles. The van der Waals surface area contributed by atoms with Crippen LogP contribution in [0.15, 0.2) is 42.6 Å². The summed E-state index contributed by atoms with van der Waals surface area (Å²) in [6.07, 6.45) is 1.53. The van der Waals surface area contributed by atoms with E-state index >= 15 is 0 Å². The molecular formula is C12H10ClN3O. The topological polar surface area (TPSA) is 68.0 Å². The molecule has 86 valence electrons. The van der Waals surface area contributed by atoms with Crippen molar-refractivity contribution < 1.29 is 4.79 Å². The second-order valence-corrected chi connectivity index (χ2v) is 3.87. The Bertz CT molecular complexity index is 540. The number of nitrogens with one attached hydrogen (secondary N) is 1. The van der Waals surface area contributed by atoms with E-state index in [2.05, 4.69) is 10.3 Å². The zero-order valence-electron chi connectivity index (χ0n) is 8.85. The van der Waals surface area contributed by atoms with Crippen LogP contribution in [0.1, 0.15) is 10.4 Å². The van der Waals surface area contributed by atoms with Gasteiger partial charge >= 0.3 is 0 Å². The molecule has 0 saturated carbocycles. The number of pyridine rings is 1. The zero-order valence-corrected chi connectivity index (χ0v) is 9.61. The van der Waals surface area contributed by atoms with E-state index in [0.717, 1.165) is 0 Å². The maximum atomic E-state index is 11.8. The first-order valence-electron chi connectivity index (χ1n) is 4.93. The maximum absolute atomic E-state index is 11.8. The highest BCUT2D eigenvalue weighted by molar-refractivity contribution is 6.30. The van der Waals surface area contributed by atoms with Crippen LogP contribution < -0.4 is 11.1 Å². The predicted octanol–water partition coefficient (Wildman–Crippen LogP) is 2.57. The molecular weight excluding hydrogens is 238 g/mol. The second kappa shape index (κ2) is 4.84. The van der Waals surface area contributed by atoms with Crippen LogP contribution in [0.2, 0.25) is 5.02 Å². The van der Waals surface area contributed by atoms with Crippen molar-refractivity contribution in [2.45, 2.75) is 0 Å². The summed E-state index contributed by atoms with van der Waals surface area (Å²) in [6, 6.07) is 9.84. The number of carbonyl (C=O) groups is 1. The average molecular weight is 248 g/mol. The lowest BCUT2D eigenvalue weighted by atomic mass is 10.2. The number of nitrogens with two attached hydrogens (primary N) is 1. The summed E-state index contributed by atoms with van der Waals surface area (Å²) in [6.45, 7) is 0. The van der Waals surface area contributed by atoms with Gasteiger partial charge < -0.3 is 11.1 Å². The van der Waals surface area contributed by atoms with Gasteiger partial charge in [0.2, 0.25) is 0 Å². The summed E-state index contributed by atoms with van der Waals surface area (Å²) >= 11 is 5.74. The molecule has 1 aromatic carbocycles. The summed E-state index contributed by atoms with van der Waals surface area (Å²) in [5.41, 5.74) is 6.64. The van der Waals surface area contributed by atoms with Crippen LogP contribution in [0, 0.1) is 0 Å². The number of carbonyl (C=O) groups excluding carboxylic acids is 1. The highest BCUT2D eigenvalue weighted by Crippen LogP contribution is 2.12. The van der Waals surface area contributed by atoms with Crippen LogP contribution in [0.4, 0.5) is 11.5 Å². The fourth-order valence-electron chi connectivity index (χ4n) is 1.30. The van der Waals surface area contributed by atoms with E-state index in [0.29, 0.717) is 22.1 Å². The first kappa shape index (κ1) is 11.4. The molecule has 3 N–H and O–H groups in total. The Kier molecular flexibility index (Phi) is 3.25. The van der Waals surface area contributed by atoms with Gasteiger partial charge in [-0.15, -0.1) is 0 Å². The van der Waals surface area contributed by atoms with Crippen molar-refractivity contribution in [2.75, 3.05) is 11.1 Å². The van der Waals surface area contributed by atoms with Gasteiger partial charge in [-0.3, -0.25) is 4.79 Å². The fraction of sp³-hybridized carbons (Fsp3) is 0.